The molecule has 3 fully saturated rings. The second-order valence-electron chi connectivity index (χ2n) is 9.42. The van der Waals surface area contributed by atoms with Gasteiger partial charge in [0.25, 0.3) is 0 Å². The molecule has 2 bridgehead atoms. The summed E-state index contributed by atoms with van der Waals surface area (Å²) in [7, 11) is 0. The summed E-state index contributed by atoms with van der Waals surface area (Å²) in [5.74, 6) is 0.139. The van der Waals surface area contributed by atoms with Crippen molar-refractivity contribution in [3.05, 3.63) is 102 Å². The molecule has 3 saturated heterocycles. The molecule has 0 unspecified atom stereocenters. The van der Waals surface area contributed by atoms with Gasteiger partial charge in [-0.15, -0.1) is 0 Å². The Morgan fingerprint density at radius 3 is 2.18 bits per heavy atom. The molecule has 0 radical (unpaired) electrons. The van der Waals surface area contributed by atoms with Crippen molar-refractivity contribution in [2.75, 3.05) is 24.5 Å². The zero-order valence-corrected chi connectivity index (χ0v) is 18.8. The number of rotatable bonds is 6. The van der Waals surface area contributed by atoms with E-state index in [2.05, 4.69) is 30.3 Å². The Labute approximate surface area is 194 Å². The molecule has 3 aromatic rings. The molecule has 3 aromatic carbocycles. The van der Waals surface area contributed by atoms with Crippen LogP contribution in [-0.4, -0.2) is 36.3 Å². The van der Waals surface area contributed by atoms with E-state index in [9.17, 15) is 9.18 Å². The number of para-hydroxylation sites is 1. The fourth-order valence-electron chi connectivity index (χ4n) is 5.38. The first-order valence-electron chi connectivity index (χ1n) is 11.8. The smallest absolute Gasteiger partial charge is 0.415 e. The summed E-state index contributed by atoms with van der Waals surface area (Å²) in [6.45, 7) is 4.48. The largest absolute Gasteiger partial charge is 0.440 e. The van der Waals surface area contributed by atoms with E-state index in [4.69, 9.17) is 4.74 Å². The van der Waals surface area contributed by atoms with Crippen molar-refractivity contribution in [1.29, 1.82) is 0 Å². The monoisotopic (exact) mass is 445 g/mol. The third-order valence-corrected chi connectivity index (χ3v) is 7.20. The lowest BCUT2D eigenvalue weighted by molar-refractivity contribution is -0.958. The Hall–Kier alpha value is -3.18. The quantitative estimate of drug-likeness (QED) is 0.450. The van der Waals surface area contributed by atoms with Gasteiger partial charge in [0.1, 0.15) is 18.9 Å². The van der Waals surface area contributed by atoms with Crippen LogP contribution in [0.1, 0.15) is 24.0 Å². The van der Waals surface area contributed by atoms with E-state index in [0.717, 1.165) is 54.8 Å². The number of benzene rings is 3. The first-order chi connectivity index (χ1) is 16.1. The van der Waals surface area contributed by atoms with Crippen LogP contribution in [0.3, 0.4) is 0 Å². The van der Waals surface area contributed by atoms with Crippen LogP contribution < -0.4 is 4.90 Å². The van der Waals surface area contributed by atoms with E-state index in [1.54, 1.807) is 17.0 Å². The lowest BCUT2D eigenvalue weighted by atomic mass is 9.83. The van der Waals surface area contributed by atoms with Crippen LogP contribution in [0.15, 0.2) is 84.9 Å². The van der Waals surface area contributed by atoms with Gasteiger partial charge in [-0.1, -0.05) is 60.7 Å². The van der Waals surface area contributed by atoms with Crippen LogP contribution in [-0.2, 0) is 17.8 Å². The predicted octanol–water partition coefficient (Wildman–Crippen LogP) is 5.78. The molecule has 1 amide bonds. The second kappa shape index (κ2) is 9.36. The summed E-state index contributed by atoms with van der Waals surface area (Å²) in [6, 6.07) is 26.5. The molecule has 4 nitrogen and oxygen atoms in total. The van der Waals surface area contributed by atoms with Crippen molar-refractivity contribution in [2.45, 2.75) is 32.0 Å². The molecule has 3 aliphatic rings. The normalized spacial score (nSPS) is 23.8. The van der Waals surface area contributed by atoms with Crippen LogP contribution in [0, 0.1) is 11.7 Å². The average molecular weight is 446 g/mol. The molecule has 170 valence electrons. The molecule has 0 spiro atoms. The number of amides is 1. The summed E-state index contributed by atoms with van der Waals surface area (Å²) in [6.07, 6.45) is 1.77. The maximum atomic E-state index is 13.4. The van der Waals surface area contributed by atoms with Crippen molar-refractivity contribution in [1.82, 2.24) is 0 Å². The molecule has 0 saturated carbocycles. The number of hydrogen-bond donors (Lipinski definition) is 0. The second-order valence-corrected chi connectivity index (χ2v) is 9.42. The molecule has 6 rings (SSSR count). The molecule has 0 aromatic heterocycles. The third kappa shape index (κ3) is 4.93. The number of anilines is 1. The van der Waals surface area contributed by atoms with Gasteiger partial charge < -0.3 is 9.22 Å². The Morgan fingerprint density at radius 1 is 0.879 bits per heavy atom. The number of carbonyl (C=O) groups is 1. The lowest BCUT2D eigenvalue weighted by Gasteiger charge is -2.52. The van der Waals surface area contributed by atoms with Gasteiger partial charge in [-0.05, 0) is 29.8 Å². The molecular formula is C28H30FN2O2+. The molecule has 0 aliphatic carbocycles. The topological polar surface area (TPSA) is 29.5 Å². The van der Waals surface area contributed by atoms with Crippen molar-refractivity contribution >= 4 is 11.8 Å². The highest BCUT2D eigenvalue weighted by molar-refractivity contribution is 5.87. The van der Waals surface area contributed by atoms with E-state index in [-0.39, 0.29) is 18.0 Å². The van der Waals surface area contributed by atoms with Crippen LogP contribution in [0.5, 0.6) is 0 Å². The predicted molar refractivity (Wildman–Crippen MR) is 127 cm³/mol. The summed E-state index contributed by atoms with van der Waals surface area (Å²) >= 11 is 0. The minimum atomic E-state index is -0.331. The molecule has 5 heteroatoms. The number of quaternary nitrogens is 1. The first-order valence-corrected chi connectivity index (χ1v) is 11.8. The minimum absolute atomic E-state index is 0.0804. The van der Waals surface area contributed by atoms with Gasteiger partial charge in [-0.2, -0.15) is 0 Å². The summed E-state index contributed by atoms with van der Waals surface area (Å²) in [5.41, 5.74) is 2.98. The highest BCUT2D eigenvalue weighted by Crippen LogP contribution is 2.37. The van der Waals surface area contributed by atoms with Crippen molar-refractivity contribution < 1.29 is 18.4 Å². The fourth-order valence-corrected chi connectivity index (χ4v) is 5.38. The van der Waals surface area contributed by atoms with Gasteiger partial charge in [0.15, 0.2) is 6.10 Å². The number of halogens is 1. The average Bonchev–Trinajstić information content (AvgIpc) is 2.85. The standard InChI is InChI=1S/C28H30FN2O2/c29-25-13-11-22(12-14-25)19-30(26-9-5-2-6-10-26)28(32)33-27-21-31(17-15-24(27)16-18-31)20-23-7-3-1-4-8-23/h1-14,24,27H,15-21H2/q+1/t24?,27-,31?/m0/s1. The Kier molecular flexibility index (Phi) is 6.14. The fraction of sp³-hybridized carbons (Fsp3) is 0.321. The van der Waals surface area contributed by atoms with E-state index < -0.39 is 0 Å². The molecule has 3 aliphatic heterocycles. The van der Waals surface area contributed by atoms with Gasteiger partial charge in [0.05, 0.1) is 19.6 Å². The van der Waals surface area contributed by atoms with Crippen LogP contribution >= 0.6 is 0 Å². The number of nitrogens with zero attached hydrogens (tertiary/aromatic N) is 2. The van der Waals surface area contributed by atoms with Gasteiger partial charge >= 0.3 is 6.09 Å². The minimum Gasteiger partial charge on any atom is -0.440 e. The third-order valence-electron chi connectivity index (χ3n) is 7.20. The number of piperidine rings is 3. The number of ether oxygens (including phenoxy) is 1. The van der Waals surface area contributed by atoms with Crippen LogP contribution in [0.25, 0.3) is 0 Å². The van der Waals surface area contributed by atoms with Crippen molar-refractivity contribution in [3.8, 4) is 0 Å². The SMILES string of the molecule is O=C(O[C@H]1C[N+]2(Cc3ccccc3)CCC1CC2)N(Cc1ccc(F)cc1)c1ccccc1. The van der Waals surface area contributed by atoms with E-state index in [1.165, 1.54) is 17.7 Å². The zero-order chi connectivity index (χ0) is 22.7. The Morgan fingerprint density at radius 2 is 1.52 bits per heavy atom. The van der Waals surface area contributed by atoms with Crippen molar-refractivity contribution in [3.63, 3.8) is 0 Å². The number of hydrogen-bond acceptors (Lipinski definition) is 2. The van der Waals surface area contributed by atoms with Gasteiger partial charge in [-0.3, -0.25) is 4.90 Å². The van der Waals surface area contributed by atoms with E-state index >= 15 is 0 Å². The van der Waals surface area contributed by atoms with Crippen LogP contribution in [0.4, 0.5) is 14.9 Å². The van der Waals surface area contributed by atoms with Crippen molar-refractivity contribution in [2.24, 2.45) is 5.92 Å². The lowest BCUT2D eigenvalue weighted by Crippen LogP contribution is -2.64. The highest BCUT2D eigenvalue weighted by Gasteiger charge is 2.48. The molecule has 3 heterocycles. The number of fused-ring (bicyclic) bond motifs is 3. The molecule has 33 heavy (non-hydrogen) atoms. The summed E-state index contributed by atoms with van der Waals surface area (Å²) < 4.78 is 20.6. The van der Waals surface area contributed by atoms with Gasteiger partial charge in [-0.25, -0.2) is 9.18 Å². The first kappa shape index (κ1) is 21.7. The number of carbonyl (C=O) groups excluding carboxylic acids is 1. The van der Waals surface area contributed by atoms with E-state index in [0.29, 0.717) is 12.5 Å². The van der Waals surface area contributed by atoms with Gasteiger partial charge in [0, 0.05) is 30.0 Å². The Bertz CT molecular complexity index is 1060. The zero-order valence-electron chi connectivity index (χ0n) is 18.8. The molecule has 0 N–H and O–H groups in total. The van der Waals surface area contributed by atoms with E-state index in [1.807, 2.05) is 30.3 Å². The van der Waals surface area contributed by atoms with Gasteiger partial charge in [0.2, 0.25) is 0 Å². The summed E-state index contributed by atoms with van der Waals surface area (Å²) in [4.78, 5) is 15.1. The maximum Gasteiger partial charge on any atom is 0.415 e. The maximum absolute atomic E-state index is 13.4. The van der Waals surface area contributed by atoms with Crippen LogP contribution in [0.2, 0.25) is 0 Å². The molecular weight excluding hydrogens is 415 g/mol. The highest BCUT2D eigenvalue weighted by atomic mass is 19.1. The Balaban J connectivity index is 1.33. The summed E-state index contributed by atoms with van der Waals surface area (Å²) in [5, 5.41) is 0. The molecule has 1 atom stereocenters.